The average Bonchev–Trinajstić information content (AvgIpc) is 2.07. The van der Waals surface area contributed by atoms with E-state index < -0.39 is 6.09 Å². The zero-order valence-corrected chi connectivity index (χ0v) is 8.13. The van der Waals surface area contributed by atoms with Crippen LogP contribution < -0.4 is 5.32 Å². The summed E-state index contributed by atoms with van der Waals surface area (Å²) in [5.41, 5.74) is 0.630. The van der Waals surface area contributed by atoms with E-state index in [1.807, 2.05) is 0 Å². The number of benzene rings is 1. The maximum absolute atomic E-state index is 11.0. The zero-order valence-electron chi connectivity index (χ0n) is 7.37. The number of halogens is 1. The van der Waals surface area contributed by atoms with Crippen LogP contribution in [0.25, 0.3) is 0 Å². The van der Waals surface area contributed by atoms with Crippen molar-refractivity contribution in [3.63, 3.8) is 0 Å². The molecular formula is C9H8ClNO3. The Labute approximate surface area is 85.5 Å². The number of amides is 1. The maximum atomic E-state index is 11.0. The predicted octanol–water partition coefficient (Wildman–Crippen LogP) is 2.63. The average molecular weight is 214 g/mol. The molecule has 1 amide bonds. The van der Waals surface area contributed by atoms with Crippen molar-refractivity contribution in [3.8, 4) is 0 Å². The molecule has 0 aliphatic carbocycles. The molecule has 0 atom stereocenters. The third kappa shape index (κ3) is 2.47. The van der Waals surface area contributed by atoms with Crippen molar-refractivity contribution in [1.82, 2.24) is 0 Å². The third-order valence-electron chi connectivity index (χ3n) is 1.61. The number of rotatable bonds is 2. The van der Waals surface area contributed by atoms with Gasteiger partial charge in [-0.3, -0.25) is 10.1 Å². The summed E-state index contributed by atoms with van der Waals surface area (Å²) in [5, 5.41) is 10.8. The summed E-state index contributed by atoms with van der Waals surface area (Å²) in [7, 11) is 0. The van der Waals surface area contributed by atoms with Crippen molar-refractivity contribution in [2.24, 2.45) is 0 Å². The standard InChI is InChI=1S/C9H8ClNO3/c1-5(12)6-2-3-7(10)8(4-6)11-9(13)14/h2-4,11H,1H3,(H,13,14). The van der Waals surface area contributed by atoms with E-state index in [1.165, 1.54) is 25.1 Å². The smallest absolute Gasteiger partial charge is 0.409 e. The fourth-order valence-corrected chi connectivity index (χ4v) is 1.12. The van der Waals surface area contributed by atoms with Gasteiger partial charge in [0, 0.05) is 5.56 Å². The number of Topliss-reactive ketones (excluding diaryl/α,β-unsaturated/α-hetero) is 1. The Morgan fingerprint density at radius 2 is 2.07 bits per heavy atom. The highest BCUT2D eigenvalue weighted by molar-refractivity contribution is 6.33. The highest BCUT2D eigenvalue weighted by Crippen LogP contribution is 2.23. The lowest BCUT2D eigenvalue weighted by Gasteiger charge is -2.04. The summed E-state index contributed by atoms with van der Waals surface area (Å²) in [6.07, 6.45) is -1.22. The van der Waals surface area contributed by atoms with E-state index in [0.717, 1.165) is 0 Å². The van der Waals surface area contributed by atoms with Crippen molar-refractivity contribution in [2.75, 3.05) is 5.32 Å². The molecule has 0 saturated carbocycles. The van der Waals surface area contributed by atoms with E-state index in [-0.39, 0.29) is 16.5 Å². The predicted molar refractivity (Wildman–Crippen MR) is 53.1 cm³/mol. The molecule has 1 aromatic carbocycles. The molecular weight excluding hydrogens is 206 g/mol. The van der Waals surface area contributed by atoms with E-state index in [4.69, 9.17) is 16.7 Å². The number of carboxylic acid groups (broad SMARTS) is 1. The van der Waals surface area contributed by atoms with Crippen LogP contribution in [0.15, 0.2) is 18.2 Å². The van der Waals surface area contributed by atoms with Gasteiger partial charge in [0.2, 0.25) is 0 Å². The Kier molecular flexibility index (Phi) is 3.09. The molecule has 1 aromatic rings. The van der Waals surface area contributed by atoms with Gasteiger partial charge in [0.05, 0.1) is 10.7 Å². The lowest BCUT2D eigenvalue weighted by atomic mass is 10.1. The molecule has 0 unspecified atom stereocenters. The van der Waals surface area contributed by atoms with Gasteiger partial charge in [-0.15, -0.1) is 0 Å². The van der Waals surface area contributed by atoms with Gasteiger partial charge < -0.3 is 5.11 Å². The minimum Gasteiger partial charge on any atom is -0.465 e. The van der Waals surface area contributed by atoms with E-state index in [2.05, 4.69) is 5.32 Å². The number of carbonyl (C=O) groups excluding carboxylic acids is 1. The summed E-state index contributed by atoms with van der Waals surface area (Å²) in [6, 6.07) is 4.42. The Hall–Kier alpha value is -1.55. The zero-order chi connectivity index (χ0) is 10.7. The Morgan fingerprint density at radius 3 is 2.57 bits per heavy atom. The number of ketones is 1. The third-order valence-corrected chi connectivity index (χ3v) is 1.94. The van der Waals surface area contributed by atoms with Gasteiger partial charge in [-0.25, -0.2) is 4.79 Å². The fourth-order valence-electron chi connectivity index (χ4n) is 0.955. The second kappa shape index (κ2) is 4.11. The molecule has 74 valence electrons. The molecule has 5 heteroatoms. The van der Waals surface area contributed by atoms with Gasteiger partial charge in [0.1, 0.15) is 0 Å². The summed E-state index contributed by atoms with van der Waals surface area (Å²) in [4.78, 5) is 21.3. The van der Waals surface area contributed by atoms with E-state index in [1.54, 1.807) is 0 Å². The molecule has 0 saturated heterocycles. The molecule has 0 spiro atoms. The molecule has 0 aromatic heterocycles. The van der Waals surface area contributed by atoms with Crippen LogP contribution >= 0.6 is 11.6 Å². The first kappa shape index (κ1) is 10.5. The van der Waals surface area contributed by atoms with Crippen LogP contribution in [0.3, 0.4) is 0 Å². The second-order valence-corrected chi connectivity index (χ2v) is 3.09. The maximum Gasteiger partial charge on any atom is 0.409 e. The number of hydrogen-bond acceptors (Lipinski definition) is 2. The minimum absolute atomic E-state index is 0.143. The minimum atomic E-state index is -1.22. The fraction of sp³-hybridized carbons (Fsp3) is 0.111. The topological polar surface area (TPSA) is 66.4 Å². The largest absolute Gasteiger partial charge is 0.465 e. The van der Waals surface area contributed by atoms with Gasteiger partial charge in [-0.1, -0.05) is 11.6 Å². The molecule has 0 heterocycles. The van der Waals surface area contributed by atoms with E-state index >= 15 is 0 Å². The van der Waals surface area contributed by atoms with Gasteiger partial charge in [0.15, 0.2) is 5.78 Å². The molecule has 1 rings (SSSR count). The highest BCUT2D eigenvalue weighted by Gasteiger charge is 2.06. The van der Waals surface area contributed by atoms with Crippen LogP contribution in [0.5, 0.6) is 0 Å². The van der Waals surface area contributed by atoms with Crippen molar-refractivity contribution < 1.29 is 14.7 Å². The van der Waals surface area contributed by atoms with Crippen LogP contribution in [0.2, 0.25) is 5.02 Å². The first-order valence-electron chi connectivity index (χ1n) is 3.81. The molecule has 0 aliphatic rings. The molecule has 0 bridgehead atoms. The molecule has 2 N–H and O–H groups in total. The Balaban J connectivity index is 3.08. The number of anilines is 1. The lowest BCUT2D eigenvalue weighted by molar-refractivity contribution is 0.101. The van der Waals surface area contributed by atoms with Gasteiger partial charge in [0.25, 0.3) is 0 Å². The van der Waals surface area contributed by atoms with Crippen molar-refractivity contribution in [1.29, 1.82) is 0 Å². The van der Waals surface area contributed by atoms with Crippen LogP contribution in [-0.2, 0) is 0 Å². The van der Waals surface area contributed by atoms with Crippen molar-refractivity contribution in [2.45, 2.75) is 6.92 Å². The molecule has 4 nitrogen and oxygen atoms in total. The van der Waals surface area contributed by atoms with Crippen molar-refractivity contribution in [3.05, 3.63) is 28.8 Å². The summed E-state index contributed by atoms with van der Waals surface area (Å²) >= 11 is 5.71. The van der Waals surface area contributed by atoms with Crippen LogP contribution in [0.1, 0.15) is 17.3 Å². The Morgan fingerprint density at radius 1 is 1.43 bits per heavy atom. The lowest BCUT2D eigenvalue weighted by Crippen LogP contribution is -2.08. The number of hydrogen-bond donors (Lipinski definition) is 2. The molecule has 0 aliphatic heterocycles. The Bertz CT molecular complexity index is 390. The first-order chi connectivity index (χ1) is 6.50. The quantitative estimate of drug-likeness (QED) is 0.743. The molecule has 0 radical (unpaired) electrons. The monoisotopic (exact) mass is 213 g/mol. The van der Waals surface area contributed by atoms with Gasteiger partial charge >= 0.3 is 6.09 Å². The van der Waals surface area contributed by atoms with Crippen molar-refractivity contribution >= 4 is 29.2 Å². The van der Waals surface area contributed by atoms with Crippen LogP contribution in [-0.4, -0.2) is 17.0 Å². The summed E-state index contributed by atoms with van der Waals surface area (Å²) in [6.45, 7) is 1.40. The second-order valence-electron chi connectivity index (χ2n) is 2.68. The number of nitrogens with one attached hydrogen (secondary N) is 1. The first-order valence-corrected chi connectivity index (χ1v) is 4.19. The van der Waals surface area contributed by atoms with Crippen LogP contribution in [0, 0.1) is 0 Å². The summed E-state index contributed by atoms with van der Waals surface area (Å²) in [5.74, 6) is -0.143. The normalized spacial score (nSPS) is 9.57. The van der Waals surface area contributed by atoms with E-state index in [9.17, 15) is 9.59 Å². The molecule has 0 fully saturated rings. The summed E-state index contributed by atoms with van der Waals surface area (Å²) < 4.78 is 0. The highest BCUT2D eigenvalue weighted by atomic mass is 35.5. The van der Waals surface area contributed by atoms with E-state index in [0.29, 0.717) is 5.56 Å². The number of carbonyl (C=O) groups is 2. The van der Waals surface area contributed by atoms with Gasteiger partial charge in [-0.2, -0.15) is 0 Å². The van der Waals surface area contributed by atoms with Crippen LogP contribution in [0.4, 0.5) is 10.5 Å². The SMILES string of the molecule is CC(=O)c1ccc(Cl)c(NC(=O)O)c1. The molecule has 14 heavy (non-hydrogen) atoms. The van der Waals surface area contributed by atoms with Gasteiger partial charge in [-0.05, 0) is 25.1 Å².